The number of amides is 2. The Labute approximate surface area is 166 Å². The third-order valence-electron chi connectivity index (χ3n) is 5.85. The second-order valence-electron chi connectivity index (χ2n) is 7.58. The molecule has 2 aromatic carbocycles. The molecule has 2 fully saturated rings. The van der Waals surface area contributed by atoms with Crippen LogP contribution in [0.25, 0.3) is 0 Å². The molecule has 148 valence electrons. The van der Waals surface area contributed by atoms with Gasteiger partial charge in [-0.1, -0.05) is 30.3 Å². The summed E-state index contributed by atoms with van der Waals surface area (Å²) in [6.45, 7) is 1.59. The SMILES string of the molecule is COc1cccc(C2CC(C3CCN(C(=O)Nc4ccccc4)CC3)NN2)c1. The summed E-state index contributed by atoms with van der Waals surface area (Å²) in [4.78, 5) is 14.4. The molecule has 2 aliphatic heterocycles. The van der Waals surface area contributed by atoms with Crippen LogP contribution in [-0.4, -0.2) is 37.2 Å². The number of para-hydroxylation sites is 1. The molecule has 2 heterocycles. The first-order valence-corrected chi connectivity index (χ1v) is 9.99. The Morgan fingerprint density at radius 3 is 2.61 bits per heavy atom. The number of benzene rings is 2. The van der Waals surface area contributed by atoms with Crippen molar-refractivity contribution >= 4 is 11.7 Å². The topological polar surface area (TPSA) is 65.6 Å². The van der Waals surface area contributed by atoms with Crippen LogP contribution >= 0.6 is 0 Å². The molecule has 2 aliphatic rings. The number of rotatable bonds is 4. The van der Waals surface area contributed by atoms with E-state index in [-0.39, 0.29) is 6.03 Å². The second kappa shape index (κ2) is 8.63. The largest absolute Gasteiger partial charge is 0.497 e. The molecule has 4 rings (SSSR count). The molecule has 28 heavy (non-hydrogen) atoms. The minimum absolute atomic E-state index is 0.00332. The number of methoxy groups -OCH3 is 1. The highest BCUT2D eigenvalue weighted by atomic mass is 16.5. The first kappa shape index (κ1) is 18.8. The molecule has 6 heteroatoms. The number of nitrogens with one attached hydrogen (secondary N) is 3. The minimum Gasteiger partial charge on any atom is -0.497 e. The number of piperidine rings is 1. The number of hydrazine groups is 1. The summed E-state index contributed by atoms with van der Waals surface area (Å²) in [6, 6.07) is 18.6. The van der Waals surface area contributed by atoms with Gasteiger partial charge in [-0.25, -0.2) is 4.79 Å². The summed E-state index contributed by atoms with van der Waals surface area (Å²) in [5.74, 6) is 1.46. The van der Waals surface area contributed by atoms with Gasteiger partial charge in [0.2, 0.25) is 0 Å². The summed E-state index contributed by atoms with van der Waals surface area (Å²) >= 11 is 0. The molecule has 0 spiro atoms. The number of likely N-dealkylation sites (tertiary alicyclic amines) is 1. The van der Waals surface area contributed by atoms with Gasteiger partial charge >= 0.3 is 6.03 Å². The van der Waals surface area contributed by atoms with Crippen LogP contribution in [0.5, 0.6) is 5.75 Å². The van der Waals surface area contributed by atoms with Crippen molar-refractivity contribution in [2.75, 3.05) is 25.5 Å². The lowest BCUT2D eigenvalue weighted by Gasteiger charge is -2.34. The van der Waals surface area contributed by atoms with Crippen molar-refractivity contribution in [2.45, 2.75) is 31.3 Å². The number of hydrogen-bond donors (Lipinski definition) is 3. The normalized spacial score (nSPS) is 22.8. The van der Waals surface area contributed by atoms with Crippen LogP contribution in [0.3, 0.4) is 0 Å². The quantitative estimate of drug-likeness (QED) is 0.759. The molecule has 3 N–H and O–H groups in total. The van der Waals surface area contributed by atoms with Crippen LogP contribution in [0.2, 0.25) is 0 Å². The average Bonchev–Trinajstić information content (AvgIpc) is 3.25. The molecule has 0 radical (unpaired) electrons. The lowest BCUT2D eigenvalue weighted by atomic mass is 9.86. The van der Waals surface area contributed by atoms with Crippen molar-refractivity contribution in [3.8, 4) is 5.75 Å². The predicted molar refractivity (Wildman–Crippen MR) is 110 cm³/mol. The average molecular weight is 380 g/mol. The van der Waals surface area contributed by atoms with E-state index in [2.05, 4.69) is 28.3 Å². The van der Waals surface area contributed by atoms with E-state index in [1.165, 1.54) is 5.56 Å². The van der Waals surface area contributed by atoms with E-state index >= 15 is 0 Å². The maximum Gasteiger partial charge on any atom is 0.321 e. The lowest BCUT2D eigenvalue weighted by molar-refractivity contribution is 0.169. The van der Waals surface area contributed by atoms with E-state index in [0.717, 1.165) is 43.8 Å². The van der Waals surface area contributed by atoms with Gasteiger partial charge in [-0.15, -0.1) is 0 Å². The molecule has 0 aliphatic carbocycles. The van der Waals surface area contributed by atoms with Crippen molar-refractivity contribution in [1.82, 2.24) is 15.8 Å². The summed E-state index contributed by atoms with van der Waals surface area (Å²) in [7, 11) is 1.70. The fraction of sp³-hybridized carbons (Fsp3) is 0.409. The molecule has 6 nitrogen and oxygen atoms in total. The van der Waals surface area contributed by atoms with Crippen molar-refractivity contribution in [2.24, 2.45) is 5.92 Å². The van der Waals surface area contributed by atoms with E-state index in [4.69, 9.17) is 4.74 Å². The van der Waals surface area contributed by atoms with Crippen LogP contribution in [0.4, 0.5) is 10.5 Å². The molecule has 2 atom stereocenters. The van der Waals surface area contributed by atoms with Gasteiger partial charge in [0.15, 0.2) is 0 Å². The Kier molecular flexibility index (Phi) is 5.78. The first-order valence-electron chi connectivity index (χ1n) is 9.99. The standard InChI is InChI=1S/C22H28N4O2/c1-28-19-9-5-6-17(14-19)21-15-20(24-25-21)16-10-12-26(13-11-16)22(27)23-18-7-3-2-4-8-18/h2-9,14,16,20-21,24-25H,10-13,15H2,1H3,(H,23,27). The summed E-state index contributed by atoms with van der Waals surface area (Å²) < 4.78 is 5.34. The Hall–Kier alpha value is -2.57. The Morgan fingerprint density at radius 2 is 1.86 bits per heavy atom. The zero-order valence-corrected chi connectivity index (χ0v) is 16.2. The highest BCUT2D eigenvalue weighted by Crippen LogP contribution is 2.31. The number of hydrogen-bond acceptors (Lipinski definition) is 4. The minimum atomic E-state index is -0.00332. The third kappa shape index (κ3) is 4.29. The third-order valence-corrected chi connectivity index (χ3v) is 5.85. The van der Waals surface area contributed by atoms with Crippen molar-refractivity contribution in [3.05, 3.63) is 60.2 Å². The molecular formula is C22H28N4O2. The Balaban J connectivity index is 1.28. The molecule has 2 amide bonds. The number of carbonyl (C=O) groups is 1. The summed E-state index contributed by atoms with van der Waals surface area (Å²) in [5, 5.41) is 2.98. The zero-order valence-electron chi connectivity index (χ0n) is 16.2. The van der Waals surface area contributed by atoms with E-state index in [1.54, 1.807) is 7.11 Å². The van der Waals surface area contributed by atoms with Crippen LogP contribution in [-0.2, 0) is 0 Å². The molecular weight excluding hydrogens is 352 g/mol. The van der Waals surface area contributed by atoms with Gasteiger partial charge in [-0.05, 0) is 55.0 Å². The van der Waals surface area contributed by atoms with Crippen LogP contribution in [0, 0.1) is 5.92 Å². The molecule has 2 saturated heterocycles. The van der Waals surface area contributed by atoms with E-state index in [1.807, 2.05) is 47.4 Å². The van der Waals surface area contributed by atoms with Crippen molar-refractivity contribution in [3.63, 3.8) is 0 Å². The fourth-order valence-corrected chi connectivity index (χ4v) is 4.20. The molecule has 2 aromatic rings. The lowest BCUT2D eigenvalue weighted by Crippen LogP contribution is -2.45. The monoisotopic (exact) mass is 380 g/mol. The van der Waals surface area contributed by atoms with E-state index in [0.29, 0.717) is 18.0 Å². The maximum absolute atomic E-state index is 12.5. The first-order chi connectivity index (χ1) is 13.7. The van der Waals surface area contributed by atoms with Gasteiger partial charge in [0.25, 0.3) is 0 Å². The molecule has 0 aromatic heterocycles. The van der Waals surface area contributed by atoms with Crippen molar-refractivity contribution < 1.29 is 9.53 Å². The van der Waals surface area contributed by atoms with E-state index in [9.17, 15) is 4.79 Å². The molecule has 0 saturated carbocycles. The number of anilines is 1. The fourth-order valence-electron chi connectivity index (χ4n) is 4.20. The highest BCUT2D eigenvalue weighted by Gasteiger charge is 2.34. The van der Waals surface area contributed by atoms with Crippen LogP contribution in [0.1, 0.15) is 30.9 Å². The number of nitrogens with zero attached hydrogens (tertiary/aromatic N) is 1. The van der Waals surface area contributed by atoms with Gasteiger partial charge < -0.3 is 15.0 Å². The number of urea groups is 1. The van der Waals surface area contributed by atoms with E-state index < -0.39 is 0 Å². The number of ether oxygens (including phenoxy) is 1. The molecule has 0 bridgehead atoms. The molecule has 2 unspecified atom stereocenters. The highest BCUT2D eigenvalue weighted by molar-refractivity contribution is 5.89. The van der Waals surface area contributed by atoms with Crippen LogP contribution < -0.4 is 20.9 Å². The van der Waals surface area contributed by atoms with Crippen molar-refractivity contribution in [1.29, 1.82) is 0 Å². The number of carbonyl (C=O) groups excluding carboxylic acids is 1. The van der Waals surface area contributed by atoms with Crippen LogP contribution in [0.15, 0.2) is 54.6 Å². The maximum atomic E-state index is 12.5. The second-order valence-corrected chi connectivity index (χ2v) is 7.58. The summed E-state index contributed by atoms with van der Waals surface area (Å²) in [5.41, 5.74) is 9.02. The van der Waals surface area contributed by atoms with Gasteiger partial charge in [0.1, 0.15) is 5.75 Å². The van der Waals surface area contributed by atoms with Gasteiger partial charge in [0.05, 0.1) is 7.11 Å². The van der Waals surface area contributed by atoms with Gasteiger partial charge in [-0.2, -0.15) is 0 Å². The summed E-state index contributed by atoms with van der Waals surface area (Å²) in [6.07, 6.45) is 3.09. The predicted octanol–water partition coefficient (Wildman–Crippen LogP) is 3.55. The van der Waals surface area contributed by atoms with Gasteiger partial charge in [0, 0.05) is 30.9 Å². The zero-order chi connectivity index (χ0) is 19.3. The Morgan fingerprint density at radius 1 is 1.07 bits per heavy atom. The Bertz CT molecular complexity index is 790. The van der Waals surface area contributed by atoms with Gasteiger partial charge in [-0.3, -0.25) is 10.9 Å². The smallest absolute Gasteiger partial charge is 0.321 e.